The van der Waals surface area contributed by atoms with Crippen LogP contribution in [0, 0.1) is 10.1 Å². The first-order chi connectivity index (χ1) is 9.58. The maximum atomic E-state index is 11.9. The molecule has 0 bridgehead atoms. The molecular weight excluding hydrogens is 304 g/mol. The molecule has 1 N–H and O–H groups in total. The van der Waals surface area contributed by atoms with Crippen molar-refractivity contribution in [2.45, 2.75) is 6.42 Å². The first-order valence-corrected chi connectivity index (χ1v) is 6.85. The quantitative estimate of drug-likeness (QED) is 0.518. The number of thiazole rings is 1. The van der Waals surface area contributed by atoms with Gasteiger partial charge < -0.3 is 5.32 Å². The summed E-state index contributed by atoms with van der Waals surface area (Å²) < 4.78 is 0. The molecule has 20 heavy (non-hydrogen) atoms. The van der Waals surface area contributed by atoms with Crippen molar-refractivity contribution in [2.75, 3.05) is 6.54 Å². The van der Waals surface area contributed by atoms with E-state index in [4.69, 9.17) is 11.6 Å². The fourth-order valence-corrected chi connectivity index (χ4v) is 2.26. The third-order valence-electron chi connectivity index (χ3n) is 2.44. The van der Waals surface area contributed by atoms with Gasteiger partial charge in [-0.2, -0.15) is 0 Å². The van der Waals surface area contributed by atoms with Gasteiger partial charge in [-0.3, -0.25) is 14.9 Å². The van der Waals surface area contributed by atoms with E-state index in [1.165, 1.54) is 17.4 Å². The predicted molar refractivity (Wildman–Crippen MR) is 74.1 cm³/mol. The van der Waals surface area contributed by atoms with Crippen molar-refractivity contribution >= 4 is 34.5 Å². The zero-order chi connectivity index (χ0) is 14.5. The highest BCUT2D eigenvalue weighted by Crippen LogP contribution is 2.20. The first-order valence-electron chi connectivity index (χ1n) is 5.53. The standard InChI is InChI=1S/C11H9ClN4O3S/c12-10-3-8(9(4-14-10)16(18)19)11(17)13-2-1-7-5-20-6-15-7/h3-6H,1-2H2,(H,13,17). The van der Waals surface area contributed by atoms with Gasteiger partial charge in [0.2, 0.25) is 0 Å². The number of aromatic nitrogens is 2. The molecule has 0 fully saturated rings. The Morgan fingerprint density at radius 1 is 1.50 bits per heavy atom. The van der Waals surface area contributed by atoms with Crippen LogP contribution in [0.2, 0.25) is 5.15 Å². The lowest BCUT2D eigenvalue weighted by Crippen LogP contribution is -2.26. The van der Waals surface area contributed by atoms with E-state index < -0.39 is 10.8 Å². The molecule has 104 valence electrons. The summed E-state index contributed by atoms with van der Waals surface area (Å²) in [5.41, 5.74) is 2.08. The second kappa shape index (κ2) is 6.40. The van der Waals surface area contributed by atoms with Crippen LogP contribution in [-0.4, -0.2) is 27.3 Å². The molecule has 0 radical (unpaired) electrons. The molecule has 2 aromatic rings. The number of halogens is 1. The normalized spacial score (nSPS) is 10.2. The summed E-state index contributed by atoms with van der Waals surface area (Å²) in [4.78, 5) is 29.8. The number of pyridine rings is 1. The number of carbonyl (C=O) groups excluding carboxylic acids is 1. The van der Waals surface area contributed by atoms with Crippen molar-refractivity contribution in [3.8, 4) is 0 Å². The fourth-order valence-electron chi connectivity index (χ4n) is 1.51. The lowest BCUT2D eigenvalue weighted by Gasteiger charge is -2.05. The Kier molecular flexibility index (Phi) is 4.59. The molecule has 7 nitrogen and oxygen atoms in total. The van der Waals surface area contributed by atoms with Gasteiger partial charge in [0, 0.05) is 18.3 Å². The summed E-state index contributed by atoms with van der Waals surface area (Å²) in [5, 5.41) is 15.3. The van der Waals surface area contributed by atoms with Crippen LogP contribution in [0.4, 0.5) is 5.69 Å². The first kappa shape index (κ1) is 14.4. The highest BCUT2D eigenvalue weighted by atomic mass is 35.5. The summed E-state index contributed by atoms with van der Waals surface area (Å²) in [6.45, 7) is 0.333. The highest BCUT2D eigenvalue weighted by molar-refractivity contribution is 7.07. The van der Waals surface area contributed by atoms with Crippen LogP contribution in [0.15, 0.2) is 23.2 Å². The number of nitro groups is 1. The topological polar surface area (TPSA) is 98.0 Å². The van der Waals surface area contributed by atoms with Crippen LogP contribution >= 0.6 is 22.9 Å². The van der Waals surface area contributed by atoms with Gasteiger partial charge in [-0.05, 0) is 6.07 Å². The molecule has 9 heteroatoms. The summed E-state index contributed by atoms with van der Waals surface area (Å²) >= 11 is 7.12. The molecule has 0 saturated carbocycles. The smallest absolute Gasteiger partial charge is 0.300 e. The molecule has 2 rings (SSSR count). The highest BCUT2D eigenvalue weighted by Gasteiger charge is 2.21. The summed E-state index contributed by atoms with van der Waals surface area (Å²) in [7, 11) is 0. The van der Waals surface area contributed by atoms with Crippen LogP contribution in [0.25, 0.3) is 0 Å². The maximum Gasteiger partial charge on any atom is 0.300 e. The van der Waals surface area contributed by atoms with Gasteiger partial charge in [-0.25, -0.2) is 9.97 Å². The van der Waals surface area contributed by atoms with E-state index in [9.17, 15) is 14.9 Å². The Labute approximate surface area is 122 Å². The van der Waals surface area contributed by atoms with Gasteiger partial charge in [-0.15, -0.1) is 11.3 Å². The Balaban J connectivity index is 2.05. The molecule has 0 aliphatic rings. The number of nitrogens with one attached hydrogen (secondary N) is 1. The van der Waals surface area contributed by atoms with Crippen LogP contribution in [-0.2, 0) is 6.42 Å². The Bertz CT molecular complexity index is 633. The Morgan fingerprint density at radius 2 is 2.30 bits per heavy atom. The number of hydrogen-bond donors (Lipinski definition) is 1. The van der Waals surface area contributed by atoms with Gasteiger partial charge in [-0.1, -0.05) is 11.6 Å². The maximum absolute atomic E-state index is 11.9. The number of rotatable bonds is 5. The molecule has 0 atom stereocenters. The van der Waals surface area contributed by atoms with Gasteiger partial charge in [0.25, 0.3) is 11.6 Å². The molecule has 0 aromatic carbocycles. The predicted octanol–water partition coefficient (Wildman–Crippen LogP) is 2.07. The minimum atomic E-state index is -0.668. The van der Waals surface area contributed by atoms with E-state index in [0.29, 0.717) is 13.0 Å². The van der Waals surface area contributed by atoms with E-state index in [1.807, 2.05) is 5.38 Å². The van der Waals surface area contributed by atoms with E-state index >= 15 is 0 Å². The van der Waals surface area contributed by atoms with Crippen LogP contribution < -0.4 is 5.32 Å². The molecule has 0 aliphatic heterocycles. The van der Waals surface area contributed by atoms with Crippen LogP contribution in [0.1, 0.15) is 16.1 Å². The lowest BCUT2D eigenvalue weighted by molar-refractivity contribution is -0.385. The number of carbonyl (C=O) groups is 1. The zero-order valence-electron chi connectivity index (χ0n) is 10.1. The average molecular weight is 313 g/mol. The second-order valence-corrected chi connectivity index (χ2v) is 4.87. The van der Waals surface area contributed by atoms with Gasteiger partial charge in [0.05, 0.1) is 16.1 Å². The van der Waals surface area contributed by atoms with Crippen LogP contribution in [0.5, 0.6) is 0 Å². The SMILES string of the molecule is O=C(NCCc1cscn1)c1cc(Cl)ncc1[N+](=O)[O-]. The zero-order valence-corrected chi connectivity index (χ0v) is 11.6. The molecule has 2 heterocycles. The monoisotopic (exact) mass is 312 g/mol. The summed E-state index contributed by atoms with van der Waals surface area (Å²) in [6.07, 6.45) is 1.53. The van der Waals surface area contributed by atoms with E-state index in [1.54, 1.807) is 5.51 Å². The van der Waals surface area contributed by atoms with Crippen molar-refractivity contribution in [1.29, 1.82) is 0 Å². The summed E-state index contributed by atoms with van der Waals surface area (Å²) in [5.74, 6) is -0.559. The van der Waals surface area contributed by atoms with Crippen molar-refractivity contribution in [3.05, 3.63) is 49.7 Å². The minimum absolute atomic E-state index is 0.0280. The Morgan fingerprint density at radius 3 is 2.95 bits per heavy atom. The molecule has 1 amide bonds. The van der Waals surface area contributed by atoms with Crippen molar-refractivity contribution < 1.29 is 9.72 Å². The van der Waals surface area contributed by atoms with Crippen LogP contribution in [0.3, 0.4) is 0 Å². The Hall–Kier alpha value is -2.06. The minimum Gasteiger partial charge on any atom is -0.351 e. The second-order valence-electron chi connectivity index (χ2n) is 3.77. The molecule has 0 unspecified atom stereocenters. The van der Waals surface area contributed by atoms with E-state index in [-0.39, 0.29) is 16.4 Å². The molecule has 0 aliphatic carbocycles. The van der Waals surface area contributed by atoms with Crippen molar-refractivity contribution in [3.63, 3.8) is 0 Å². The van der Waals surface area contributed by atoms with Crippen molar-refractivity contribution in [1.82, 2.24) is 15.3 Å². The molecular formula is C11H9ClN4O3S. The van der Waals surface area contributed by atoms with E-state index in [0.717, 1.165) is 11.9 Å². The molecule has 2 aromatic heterocycles. The van der Waals surface area contributed by atoms with Gasteiger partial charge >= 0.3 is 0 Å². The van der Waals surface area contributed by atoms with Gasteiger partial charge in [0.15, 0.2) is 0 Å². The average Bonchev–Trinajstić information content (AvgIpc) is 2.91. The molecule has 0 saturated heterocycles. The fraction of sp³-hybridized carbons (Fsp3) is 0.182. The largest absolute Gasteiger partial charge is 0.351 e. The van der Waals surface area contributed by atoms with Crippen molar-refractivity contribution in [2.24, 2.45) is 0 Å². The number of nitrogens with zero attached hydrogens (tertiary/aromatic N) is 3. The summed E-state index contributed by atoms with van der Waals surface area (Å²) in [6, 6.07) is 1.18. The number of amides is 1. The van der Waals surface area contributed by atoms with E-state index in [2.05, 4.69) is 15.3 Å². The van der Waals surface area contributed by atoms with Gasteiger partial charge in [0.1, 0.15) is 16.9 Å². The third-order valence-corrected chi connectivity index (χ3v) is 3.28. The molecule has 0 spiro atoms. The lowest BCUT2D eigenvalue weighted by atomic mass is 10.2. The third kappa shape index (κ3) is 3.49. The number of hydrogen-bond acceptors (Lipinski definition) is 6.